The van der Waals surface area contributed by atoms with E-state index in [1.165, 1.54) is 0 Å². The number of carbonyl (C=O) groups is 2. The molecule has 0 aromatic heterocycles. The van der Waals surface area contributed by atoms with Crippen LogP contribution in [-0.4, -0.2) is 11.8 Å². The maximum atomic E-state index is 12.0. The van der Waals surface area contributed by atoms with Crippen LogP contribution in [0.1, 0.15) is 20.7 Å². The van der Waals surface area contributed by atoms with Gasteiger partial charge in [-0.15, -0.1) is 0 Å². The van der Waals surface area contributed by atoms with Gasteiger partial charge < -0.3 is 0 Å². The topological polar surface area (TPSA) is 46.2 Å². The molecule has 4 heteroatoms. The van der Waals surface area contributed by atoms with Crippen LogP contribution < -0.4 is 5.32 Å². The van der Waals surface area contributed by atoms with Crippen LogP contribution in [0.3, 0.4) is 0 Å². The van der Waals surface area contributed by atoms with Crippen molar-refractivity contribution in [1.82, 2.24) is 5.32 Å². The van der Waals surface area contributed by atoms with Crippen molar-refractivity contribution in [2.75, 3.05) is 0 Å². The SMILES string of the molecule is O=C1NC(=O)c2ccc(Sc3ccccc3)c3cccc1c23. The lowest BCUT2D eigenvalue weighted by Gasteiger charge is -2.18. The van der Waals surface area contributed by atoms with E-state index in [9.17, 15) is 9.59 Å². The second-order valence-electron chi connectivity index (χ2n) is 5.04. The molecule has 1 heterocycles. The van der Waals surface area contributed by atoms with Crippen molar-refractivity contribution >= 4 is 34.3 Å². The summed E-state index contributed by atoms with van der Waals surface area (Å²) in [7, 11) is 0. The molecule has 2 amide bonds. The minimum absolute atomic E-state index is 0.329. The summed E-state index contributed by atoms with van der Waals surface area (Å²) in [6.07, 6.45) is 0. The van der Waals surface area contributed by atoms with E-state index in [0.717, 1.165) is 20.6 Å². The molecule has 0 saturated carbocycles. The van der Waals surface area contributed by atoms with Crippen molar-refractivity contribution in [2.45, 2.75) is 9.79 Å². The highest BCUT2D eigenvalue weighted by Gasteiger charge is 2.25. The predicted molar refractivity (Wildman–Crippen MR) is 86.3 cm³/mol. The quantitative estimate of drug-likeness (QED) is 0.731. The lowest BCUT2D eigenvalue weighted by atomic mass is 9.95. The molecule has 106 valence electrons. The zero-order valence-electron chi connectivity index (χ0n) is 11.5. The van der Waals surface area contributed by atoms with Gasteiger partial charge in [0.2, 0.25) is 0 Å². The third-order valence-corrected chi connectivity index (χ3v) is 4.77. The number of benzene rings is 3. The Labute approximate surface area is 131 Å². The number of hydrogen-bond acceptors (Lipinski definition) is 3. The molecule has 1 aliphatic heterocycles. The molecule has 0 unspecified atom stereocenters. The molecule has 0 atom stereocenters. The molecular formula is C18H11NO2S. The van der Waals surface area contributed by atoms with E-state index in [4.69, 9.17) is 0 Å². The summed E-state index contributed by atoms with van der Waals surface area (Å²) in [6.45, 7) is 0. The summed E-state index contributed by atoms with van der Waals surface area (Å²) in [5.41, 5.74) is 1.12. The fraction of sp³-hybridized carbons (Fsp3) is 0. The van der Waals surface area contributed by atoms with Gasteiger partial charge in [0.15, 0.2) is 0 Å². The van der Waals surface area contributed by atoms with E-state index in [-0.39, 0.29) is 11.8 Å². The maximum Gasteiger partial charge on any atom is 0.258 e. The van der Waals surface area contributed by atoms with E-state index in [2.05, 4.69) is 5.32 Å². The second kappa shape index (κ2) is 5.00. The van der Waals surface area contributed by atoms with Gasteiger partial charge in [-0.25, -0.2) is 0 Å². The molecule has 3 aromatic rings. The van der Waals surface area contributed by atoms with E-state index in [1.54, 1.807) is 23.9 Å². The zero-order chi connectivity index (χ0) is 15.1. The van der Waals surface area contributed by atoms with Crippen LogP contribution in [0.4, 0.5) is 0 Å². The smallest absolute Gasteiger partial charge is 0.258 e. The molecule has 4 rings (SSSR count). The minimum atomic E-state index is -0.329. The summed E-state index contributed by atoms with van der Waals surface area (Å²) >= 11 is 1.63. The Hall–Kier alpha value is -2.59. The monoisotopic (exact) mass is 305 g/mol. The highest BCUT2D eigenvalue weighted by atomic mass is 32.2. The Kier molecular flexibility index (Phi) is 2.98. The van der Waals surface area contributed by atoms with E-state index < -0.39 is 0 Å². The first-order valence-corrected chi connectivity index (χ1v) is 7.70. The Morgan fingerprint density at radius 1 is 0.727 bits per heavy atom. The summed E-state index contributed by atoms with van der Waals surface area (Å²) in [6, 6.07) is 19.3. The molecule has 22 heavy (non-hydrogen) atoms. The molecule has 3 aromatic carbocycles. The maximum absolute atomic E-state index is 12.0. The van der Waals surface area contributed by atoms with Crippen molar-refractivity contribution in [1.29, 1.82) is 0 Å². The Morgan fingerprint density at radius 2 is 1.45 bits per heavy atom. The average molecular weight is 305 g/mol. The van der Waals surface area contributed by atoms with Crippen LogP contribution >= 0.6 is 11.8 Å². The summed E-state index contributed by atoms with van der Waals surface area (Å²) in [4.78, 5) is 26.2. The van der Waals surface area contributed by atoms with Crippen molar-refractivity contribution in [3.05, 3.63) is 71.8 Å². The third kappa shape index (κ3) is 2.00. The Morgan fingerprint density at radius 3 is 2.23 bits per heavy atom. The lowest BCUT2D eigenvalue weighted by Crippen LogP contribution is -2.34. The van der Waals surface area contributed by atoms with E-state index in [0.29, 0.717) is 11.1 Å². The molecule has 0 radical (unpaired) electrons. The van der Waals surface area contributed by atoms with Gasteiger partial charge in [0.05, 0.1) is 0 Å². The molecular weight excluding hydrogens is 294 g/mol. The number of carbonyl (C=O) groups excluding carboxylic acids is 2. The summed E-state index contributed by atoms with van der Waals surface area (Å²) < 4.78 is 0. The van der Waals surface area contributed by atoms with E-state index >= 15 is 0 Å². The Balaban J connectivity index is 1.95. The van der Waals surface area contributed by atoms with Crippen LogP contribution in [0.2, 0.25) is 0 Å². The van der Waals surface area contributed by atoms with Gasteiger partial charge in [-0.3, -0.25) is 14.9 Å². The first-order valence-electron chi connectivity index (χ1n) is 6.88. The fourth-order valence-electron chi connectivity index (χ4n) is 2.70. The highest BCUT2D eigenvalue weighted by Crippen LogP contribution is 2.37. The predicted octanol–water partition coefficient (Wildman–Crippen LogP) is 3.87. The molecule has 1 N–H and O–H groups in total. The third-order valence-electron chi connectivity index (χ3n) is 3.69. The van der Waals surface area contributed by atoms with Crippen molar-refractivity contribution in [3.63, 3.8) is 0 Å². The zero-order valence-corrected chi connectivity index (χ0v) is 12.3. The molecule has 0 saturated heterocycles. The van der Waals surface area contributed by atoms with Crippen LogP contribution in [0.15, 0.2) is 70.5 Å². The minimum Gasteiger partial charge on any atom is -0.288 e. The molecule has 0 spiro atoms. The van der Waals surface area contributed by atoms with Gasteiger partial charge in [0.1, 0.15) is 0 Å². The van der Waals surface area contributed by atoms with E-state index in [1.807, 2.05) is 48.5 Å². The fourth-order valence-corrected chi connectivity index (χ4v) is 3.66. The van der Waals surface area contributed by atoms with Gasteiger partial charge in [-0.2, -0.15) is 0 Å². The van der Waals surface area contributed by atoms with Gasteiger partial charge in [0, 0.05) is 26.3 Å². The number of imide groups is 1. The van der Waals surface area contributed by atoms with Gasteiger partial charge >= 0.3 is 0 Å². The summed E-state index contributed by atoms with van der Waals surface area (Å²) in [5.74, 6) is -0.657. The molecule has 0 aliphatic carbocycles. The van der Waals surface area contributed by atoms with Gasteiger partial charge in [0.25, 0.3) is 11.8 Å². The van der Waals surface area contributed by atoms with Crippen molar-refractivity contribution < 1.29 is 9.59 Å². The number of nitrogens with one attached hydrogen (secondary N) is 1. The number of rotatable bonds is 2. The number of hydrogen-bond donors (Lipinski definition) is 1. The standard InChI is InChI=1S/C18H11NO2S/c20-17-13-8-4-7-12-15(22-11-5-2-1-3-6-11)10-9-14(16(12)13)18(21)19-17/h1-10H,(H,19,20,21). The first-order chi connectivity index (χ1) is 10.7. The number of amides is 2. The largest absolute Gasteiger partial charge is 0.288 e. The molecule has 0 fully saturated rings. The molecule has 1 aliphatic rings. The molecule has 3 nitrogen and oxygen atoms in total. The summed E-state index contributed by atoms with van der Waals surface area (Å²) in [5, 5.41) is 4.06. The Bertz CT molecular complexity index is 899. The van der Waals surface area contributed by atoms with Crippen LogP contribution in [-0.2, 0) is 0 Å². The van der Waals surface area contributed by atoms with Gasteiger partial charge in [-0.1, -0.05) is 42.1 Å². The van der Waals surface area contributed by atoms with Gasteiger partial charge in [-0.05, 0) is 35.7 Å². The van der Waals surface area contributed by atoms with Crippen LogP contribution in [0.5, 0.6) is 0 Å². The lowest BCUT2D eigenvalue weighted by molar-refractivity contribution is 0.0845. The highest BCUT2D eigenvalue weighted by molar-refractivity contribution is 7.99. The first kappa shape index (κ1) is 13.1. The normalized spacial score (nSPS) is 13.3. The van der Waals surface area contributed by atoms with Crippen molar-refractivity contribution in [3.8, 4) is 0 Å². The second-order valence-corrected chi connectivity index (χ2v) is 6.15. The molecule has 0 bridgehead atoms. The van der Waals surface area contributed by atoms with Crippen LogP contribution in [0.25, 0.3) is 10.8 Å². The average Bonchev–Trinajstić information content (AvgIpc) is 2.54. The van der Waals surface area contributed by atoms with Crippen molar-refractivity contribution in [2.24, 2.45) is 0 Å². The van der Waals surface area contributed by atoms with Crippen LogP contribution in [0, 0.1) is 0 Å².